The fourth-order valence-corrected chi connectivity index (χ4v) is 3.75. The van der Waals surface area contributed by atoms with Crippen molar-refractivity contribution >= 4 is 17.8 Å². The van der Waals surface area contributed by atoms with E-state index in [0.29, 0.717) is 11.8 Å². The molecule has 1 aliphatic heterocycles. The topological polar surface area (TPSA) is 78.5 Å². The van der Waals surface area contributed by atoms with Crippen molar-refractivity contribution in [2.24, 2.45) is 11.8 Å². The standard InChI is InChI=1S/C19H21F2N3O3/c1-19(12-6-7-13(20)14(21)8-12)17(26)24(18(27)23-19)9-15(25)22-16(10-2-3-10)11-4-5-11/h6-8,10-11,16H,2-5,9H2,1H3,(H,22,25)(H,23,27). The number of amides is 4. The van der Waals surface area contributed by atoms with Crippen molar-refractivity contribution in [1.82, 2.24) is 15.5 Å². The molecule has 1 atom stereocenters. The smallest absolute Gasteiger partial charge is 0.325 e. The van der Waals surface area contributed by atoms with Crippen LogP contribution in [0.5, 0.6) is 0 Å². The largest absolute Gasteiger partial charge is 0.351 e. The zero-order valence-corrected chi connectivity index (χ0v) is 14.9. The van der Waals surface area contributed by atoms with E-state index in [0.717, 1.165) is 42.7 Å². The number of carbonyl (C=O) groups is 3. The number of nitrogens with zero attached hydrogens (tertiary/aromatic N) is 1. The molecule has 1 unspecified atom stereocenters. The van der Waals surface area contributed by atoms with E-state index in [-0.39, 0.29) is 24.1 Å². The van der Waals surface area contributed by atoms with Crippen molar-refractivity contribution in [1.29, 1.82) is 0 Å². The maximum absolute atomic E-state index is 13.6. The Balaban J connectivity index is 1.47. The molecular formula is C19H21F2N3O3. The summed E-state index contributed by atoms with van der Waals surface area (Å²) in [6.45, 7) is 1.02. The van der Waals surface area contributed by atoms with E-state index < -0.39 is 29.1 Å². The monoisotopic (exact) mass is 377 g/mol. The highest BCUT2D eigenvalue weighted by Gasteiger charge is 2.50. The molecule has 27 heavy (non-hydrogen) atoms. The van der Waals surface area contributed by atoms with E-state index in [2.05, 4.69) is 10.6 Å². The second-order valence-corrected chi connectivity index (χ2v) is 7.84. The second kappa shape index (κ2) is 6.28. The first-order valence-electron chi connectivity index (χ1n) is 9.18. The van der Waals surface area contributed by atoms with Crippen molar-refractivity contribution in [3.05, 3.63) is 35.4 Å². The lowest BCUT2D eigenvalue weighted by Crippen LogP contribution is -2.46. The molecule has 1 saturated heterocycles. The lowest BCUT2D eigenvalue weighted by Gasteiger charge is -2.23. The Labute approximate surface area is 155 Å². The molecule has 0 radical (unpaired) electrons. The first-order valence-corrected chi connectivity index (χ1v) is 9.18. The van der Waals surface area contributed by atoms with Gasteiger partial charge in [-0.25, -0.2) is 13.6 Å². The highest BCUT2D eigenvalue weighted by atomic mass is 19.2. The van der Waals surface area contributed by atoms with Crippen LogP contribution in [0, 0.1) is 23.5 Å². The van der Waals surface area contributed by atoms with Crippen LogP contribution in [0.2, 0.25) is 0 Å². The molecule has 2 saturated carbocycles. The summed E-state index contributed by atoms with van der Waals surface area (Å²) in [5.41, 5.74) is -1.42. The summed E-state index contributed by atoms with van der Waals surface area (Å²) in [6.07, 6.45) is 4.38. The quantitative estimate of drug-likeness (QED) is 0.745. The lowest BCUT2D eigenvalue weighted by molar-refractivity contribution is -0.135. The fraction of sp³-hybridized carbons (Fsp3) is 0.526. The van der Waals surface area contributed by atoms with Gasteiger partial charge in [0.15, 0.2) is 11.6 Å². The third kappa shape index (κ3) is 3.28. The minimum absolute atomic E-state index is 0.121. The summed E-state index contributed by atoms with van der Waals surface area (Å²) in [5.74, 6) is -2.20. The van der Waals surface area contributed by atoms with Crippen LogP contribution in [-0.2, 0) is 15.1 Å². The number of hydrogen-bond donors (Lipinski definition) is 2. The number of carbonyl (C=O) groups excluding carboxylic acids is 3. The van der Waals surface area contributed by atoms with Crippen LogP contribution >= 0.6 is 0 Å². The minimum Gasteiger partial charge on any atom is -0.351 e. The van der Waals surface area contributed by atoms with Crippen LogP contribution in [-0.4, -0.2) is 35.3 Å². The lowest BCUT2D eigenvalue weighted by atomic mass is 9.92. The Hall–Kier alpha value is -2.51. The normalized spacial score (nSPS) is 25.1. The van der Waals surface area contributed by atoms with Crippen molar-refractivity contribution < 1.29 is 23.2 Å². The van der Waals surface area contributed by atoms with Gasteiger partial charge in [-0.15, -0.1) is 0 Å². The zero-order valence-electron chi connectivity index (χ0n) is 14.9. The van der Waals surface area contributed by atoms with Crippen LogP contribution in [0.25, 0.3) is 0 Å². The molecule has 4 amide bonds. The predicted molar refractivity (Wildman–Crippen MR) is 91.3 cm³/mol. The van der Waals surface area contributed by atoms with Gasteiger partial charge in [0.2, 0.25) is 5.91 Å². The summed E-state index contributed by atoms with van der Waals surface area (Å²) >= 11 is 0. The summed E-state index contributed by atoms with van der Waals surface area (Å²) in [4.78, 5) is 38.3. The molecule has 8 heteroatoms. The van der Waals surface area contributed by atoms with Crippen molar-refractivity contribution in [2.75, 3.05) is 6.54 Å². The van der Waals surface area contributed by atoms with E-state index in [1.165, 1.54) is 13.0 Å². The van der Waals surface area contributed by atoms with Gasteiger partial charge in [0.25, 0.3) is 5.91 Å². The molecule has 0 aromatic heterocycles. The van der Waals surface area contributed by atoms with Gasteiger partial charge >= 0.3 is 6.03 Å². The molecule has 0 bridgehead atoms. The van der Waals surface area contributed by atoms with Crippen molar-refractivity contribution in [3.8, 4) is 0 Å². The van der Waals surface area contributed by atoms with Crippen molar-refractivity contribution in [2.45, 2.75) is 44.2 Å². The number of halogens is 2. The van der Waals surface area contributed by atoms with Gasteiger partial charge in [-0.3, -0.25) is 14.5 Å². The molecule has 4 rings (SSSR count). The zero-order chi connectivity index (χ0) is 19.3. The molecule has 1 aromatic carbocycles. The number of urea groups is 1. The molecule has 1 aromatic rings. The van der Waals surface area contributed by atoms with E-state index in [1.54, 1.807) is 0 Å². The maximum Gasteiger partial charge on any atom is 0.325 e. The first-order chi connectivity index (χ1) is 12.8. The van der Waals surface area contributed by atoms with Crippen LogP contribution in [0.15, 0.2) is 18.2 Å². The molecular weight excluding hydrogens is 356 g/mol. The Morgan fingerprint density at radius 3 is 2.41 bits per heavy atom. The third-order valence-corrected chi connectivity index (χ3v) is 5.66. The minimum atomic E-state index is -1.54. The third-order valence-electron chi connectivity index (χ3n) is 5.66. The molecule has 2 aliphatic carbocycles. The second-order valence-electron chi connectivity index (χ2n) is 7.84. The van der Waals surface area contributed by atoms with Crippen LogP contribution in [0.1, 0.15) is 38.2 Å². The summed E-state index contributed by atoms with van der Waals surface area (Å²) < 4.78 is 26.7. The molecule has 3 aliphatic rings. The van der Waals surface area contributed by atoms with Gasteiger partial charge in [0.1, 0.15) is 12.1 Å². The SMILES string of the molecule is CC1(c2ccc(F)c(F)c2)NC(=O)N(CC(=O)NC(C2CC2)C2CC2)C1=O. The predicted octanol–water partition coefficient (Wildman–Crippen LogP) is 2.04. The number of nitrogens with one attached hydrogen (secondary N) is 2. The molecule has 2 N–H and O–H groups in total. The molecule has 1 heterocycles. The van der Waals surface area contributed by atoms with E-state index in [1.807, 2.05) is 0 Å². The summed E-state index contributed by atoms with van der Waals surface area (Å²) in [5, 5.41) is 5.46. The van der Waals surface area contributed by atoms with Crippen LogP contribution in [0.3, 0.4) is 0 Å². The Morgan fingerprint density at radius 1 is 1.22 bits per heavy atom. The summed E-state index contributed by atoms with van der Waals surface area (Å²) in [7, 11) is 0. The maximum atomic E-state index is 13.6. The fourth-order valence-electron chi connectivity index (χ4n) is 3.75. The molecule has 144 valence electrons. The van der Waals surface area contributed by atoms with Crippen LogP contribution < -0.4 is 10.6 Å². The number of hydrogen-bond acceptors (Lipinski definition) is 3. The van der Waals surface area contributed by atoms with E-state index in [9.17, 15) is 23.2 Å². The molecule has 6 nitrogen and oxygen atoms in total. The molecule has 0 spiro atoms. The van der Waals surface area contributed by atoms with Crippen LogP contribution in [0.4, 0.5) is 13.6 Å². The average Bonchev–Trinajstić information content (AvgIpc) is 3.52. The number of benzene rings is 1. The van der Waals surface area contributed by atoms with Gasteiger partial charge in [-0.05, 0) is 62.1 Å². The average molecular weight is 377 g/mol. The van der Waals surface area contributed by atoms with Crippen molar-refractivity contribution in [3.63, 3.8) is 0 Å². The van der Waals surface area contributed by atoms with Gasteiger partial charge in [0, 0.05) is 6.04 Å². The first kappa shape index (κ1) is 17.9. The van der Waals surface area contributed by atoms with Gasteiger partial charge < -0.3 is 10.6 Å². The van der Waals surface area contributed by atoms with E-state index in [4.69, 9.17) is 0 Å². The summed E-state index contributed by atoms with van der Waals surface area (Å²) in [6, 6.07) is 2.43. The highest BCUT2D eigenvalue weighted by molar-refractivity contribution is 6.09. The van der Waals surface area contributed by atoms with Gasteiger partial charge in [0.05, 0.1) is 0 Å². The molecule has 3 fully saturated rings. The Kier molecular flexibility index (Phi) is 4.16. The number of imide groups is 1. The van der Waals surface area contributed by atoms with E-state index >= 15 is 0 Å². The Bertz CT molecular complexity index is 810. The Morgan fingerprint density at radius 2 is 1.85 bits per heavy atom. The highest BCUT2D eigenvalue weighted by Crippen LogP contribution is 2.44. The number of rotatable bonds is 6. The van der Waals surface area contributed by atoms with Gasteiger partial charge in [-0.1, -0.05) is 6.07 Å². The van der Waals surface area contributed by atoms with Gasteiger partial charge in [-0.2, -0.15) is 0 Å².